The van der Waals surface area contributed by atoms with E-state index in [0.717, 1.165) is 12.8 Å². The summed E-state index contributed by atoms with van der Waals surface area (Å²) in [6, 6.07) is 0. The molecule has 74 valence electrons. The van der Waals surface area contributed by atoms with Crippen LogP contribution in [0.5, 0.6) is 0 Å². The molecule has 1 fully saturated rings. The predicted molar refractivity (Wildman–Crippen MR) is 47.0 cm³/mol. The molecule has 1 rings (SSSR count). The van der Waals surface area contributed by atoms with Gasteiger partial charge in [-0.1, -0.05) is 0 Å². The van der Waals surface area contributed by atoms with Crippen LogP contribution in [0.3, 0.4) is 0 Å². The normalized spacial score (nSPS) is 15.2. The van der Waals surface area contributed by atoms with Gasteiger partial charge in [0.05, 0.1) is 6.61 Å². The highest BCUT2D eigenvalue weighted by atomic mass is 16.5. The zero-order valence-corrected chi connectivity index (χ0v) is 8.08. The first-order valence-corrected chi connectivity index (χ1v) is 4.55. The number of ether oxygens (including phenoxy) is 1. The van der Waals surface area contributed by atoms with Crippen molar-refractivity contribution in [1.29, 1.82) is 0 Å². The highest BCUT2D eigenvalue weighted by Gasteiger charge is 2.32. The number of amides is 1. The van der Waals surface area contributed by atoms with E-state index in [2.05, 4.69) is 0 Å². The predicted octanol–water partition coefficient (Wildman–Crippen LogP) is 0.418. The molecule has 0 spiro atoms. The Kier molecular flexibility index (Phi) is 3.28. The molecule has 4 nitrogen and oxygen atoms in total. The summed E-state index contributed by atoms with van der Waals surface area (Å²) in [7, 11) is 1.64. The Bertz CT molecular complexity index is 211. The van der Waals surface area contributed by atoms with Crippen molar-refractivity contribution in [2.75, 3.05) is 20.2 Å². The van der Waals surface area contributed by atoms with Crippen molar-refractivity contribution in [3.8, 4) is 0 Å². The van der Waals surface area contributed by atoms with E-state index in [9.17, 15) is 9.59 Å². The number of hydrogen-bond acceptors (Lipinski definition) is 3. The average molecular weight is 185 g/mol. The minimum absolute atomic E-state index is 0.0630. The van der Waals surface area contributed by atoms with Crippen molar-refractivity contribution in [2.45, 2.75) is 19.8 Å². The summed E-state index contributed by atoms with van der Waals surface area (Å²) in [6.45, 7) is 2.19. The van der Waals surface area contributed by atoms with Gasteiger partial charge in [0, 0.05) is 13.0 Å². The lowest BCUT2D eigenvalue weighted by atomic mass is 10.3. The zero-order valence-electron chi connectivity index (χ0n) is 8.08. The lowest BCUT2D eigenvalue weighted by molar-refractivity contribution is -0.148. The van der Waals surface area contributed by atoms with Crippen molar-refractivity contribution in [3.05, 3.63) is 0 Å². The van der Waals surface area contributed by atoms with Crippen LogP contribution >= 0.6 is 0 Å². The molecule has 0 saturated heterocycles. The Morgan fingerprint density at radius 1 is 1.46 bits per heavy atom. The van der Waals surface area contributed by atoms with Crippen LogP contribution in [0.4, 0.5) is 0 Å². The fourth-order valence-corrected chi connectivity index (χ4v) is 1.12. The van der Waals surface area contributed by atoms with Gasteiger partial charge in [-0.05, 0) is 19.8 Å². The second-order valence-corrected chi connectivity index (χ2v) is 3.27. The van der Waals surface area contributed by atoms with E-state index < -0.39 is 0 Å². The largest absolute Gasteiger partial charge is 0.465 e. The van der Waals surface area contributed by atoms with Gasteiger partial charge in [0.1, 0.15) is 6.54 Å². The minimum Gasteiger partial charge on any atom is -0.465 e. The molecule has 0 atom stereocenters. The summed E-state index contributed by atoms with van der Waals surface area (Å²) >= 11 is 0. The third-order valence-corrected chi connectivity index (χ3v) is 1.97. The quantitative estimate of drug-likeness (QED) is 0.596. The highest BCUT2D eigenvalue weighted by Crippen LogP contribution is 2.30. The van der Waals surface area contributed by atoms with Gasteiger partial charge < -0.3 is 9.64 Å². The first-order valence-electron chi connectivity index (χ1n) is 4.55. The monoisotopic (exact) mass is 185 g/mol. The summed E-state index contributed by atoms with van der Waals surface area (Å²) in [5.41, 5.74) is 0. The molecule has 0 aromatic carbocycles. The first kappa shape index (κ1) is 10.0. The molecule has 0 bridgehead atoms. The summed E-state index contributed by atoms with van der Waals surface area (Å²) in [4.78, 5) is 23.8. The lowest BCUT2D eigenvalue weighted by Gasteiger charge is -2.15. The van der Waals surface area contributed by atoms with Gasteiger partial charge in [0.15, 0.2) is 0 Å². The maximum absolute atomic E-state index is 11.4. The van der Waals surface area contributed by atoms with Crippen LogP contribution in [0.2, 0.25) is 0 Å². The van der Waals surface area contributed by atoms with Crippen LogP contribution in [-0.4, -0.2) is 37.0 Å². The molecule has 1 amide bonds. The van der Waals surface area contributed by atoms with Crippen LogP contribution in [0.1, 0.15) is 19.8 Å². The Hall–Kier alpha value is -1.06. The molecule has 1 aliphatic carbocycles. The van der Waals surface area contributed by atoms with Crippen molar-refractivity contribution >= 4 is 11.9 Å². The number of carbonyl (C=O) groups excluding carboxylic acids is 2. The molecular weight excluding hydrogens is 170 g/mol. The van der Waals surface area contributed by atoms with E-state index >= 15 is 0 Å². The summed E-state index contributed by atoms with van der Waals surface area (Å²) in [5, 5.41) is 0. The molecule has 0 unspecified atom stereocenters. The molecule has 0 aliphatic heterocycles. The molecule has 0 aromatic rings. The van der Waals surface area contributed by atoms with E-state index in [0.29, 0.717) is 6.61 Å². The smallest absolute Gasteiger partial charge is 0.325 e. The van der Waals surface area contributed by atoms with Gasteiger partial charge in [-0.25, -0.2) is 0 Å². The molecule has 0 heterocycles. The maximum Gasteiger partial charge on any atom is 0.325 e. The third kappa shape index (κ3) is 3.05. The molecule has 1 aliphatic rings. The van der Waals surface area contributed by atoms with Crippen molar-refractivity contribution < 1.29 is 14.3 Å². The Morgan fingerprint density at radius 3 is 2.54 bits per heavy atom. The third-order valence-electron chi connectivity index (χ3n) is 1.97. The molecular formula is C9H15NO3. The fourth-order valence-electron chi connectivity index (χ4n) is 1.12. The second-order valence-electron chi connectivity index (χ2n) is 3.27. The number of nitrogens with zero attached hydrogens (tertiary/aromatic N) is 1. The topological polar surface area (TPSA) is 46.6 Å². The number of rotatable bonds is 4. The van der Waals surface area contributed by atoms with Gasteiger partial charge >= 0.3 is 5.97 Å². The van der Waals surface area contributed by atoms with E-state index in [-0.39, 0.29) is 24.3 Å². The van der Waals surface area contributed by atoms with Crippen molar-refractivity contribution in [1.82, 2.24) is 4.90 Å². The number of likely N-dealkylation sites (N-methyl/N-ethyl adjacent to an activating group) is 1. The highest BCUT2D eigenvalue weighted by molar-refractivity contribution is 5.84. The van der Waals surface area contributed by atoms with Crippen LogP contribution in [-0.2, 0) is 14.3 Å². The van der Waals surface area contributed by atoms with Crippen LogP contribution in [0.25, 0.3) is 0 Å². The summed E-state index contributed by atoms with van der Waals surface area (Å²) in [6.07, 6.45) is 1.93. The Labute approximate surface area is 77.8 Å². The standard InChI is InChI=1S/C9H15NO3/c1-3-13-8(11)6-10(2)9(12)7-4-5-7/h7H,3-6H2,1-2H3. The number of hydrogen-bond donors (Lipinski definition) is 0. The number of carbonyl (C=O) groups is 2. The van der Waals surface area contributed by atoms with Crippen LogP contribution in [0.15, 0.2) is 0 Å². The van der Waals surface area contributed by atoms with E-state index in [4.69, 9.17) is 4.74 Å². The first-order chi connectivity index (χ1) is 6.15. The van der Waals surface area contributed by atoms with Crippen molar-refractivity contribution in [2.24, 2.45) is 5.92 Å². The molecule has 0 N–H and O–H groups in total. The average Bonchev–Trinajstić information content (AvgIpc) is 2.85. The van der Waals surface area contributed by atoms with Crippen molar-refractivity contribution in [3.63, 3.8) is 0 Å². The van der Waals surface area contributed by atoms with Gasteiger partial charge in [-0.2, -0.15) is 0 Å². The number of esters is 1. The molecule has 1 saturated carbocycles. The fraction of sp³-hybridized carbons (Fsp3) is 0.778. The lowest BCUT2D eigenvalue weighted by Crippen LogP contribution is -2.33. The van der Waals surface area contributed by atoms with Crippen LogP contribution < -0.4 is 0 Å². The van der Waals surface area contributed by atoms with E-state index in [1.807, 2.05) is 0 Å². The summed E-state index contributed by atoms with van der Waals surface area (Å²) in [5.74, 6) is -0.105. The van der Waals surface area contributed by atoms with Gasteiger partial charge in [0.2, 0.25) is 5.91 Å². The maximum atomic E-state index is 11.4. The molecule has 0 radical (unpaired) electrons. The zero-order chi connectivity index (χ0) is 9.84. The minimum atomic E-state index is -0.334. The Morgan fingerprint density at radius 2 is 2.08 bits per heavy atom. The molecule has 13 heavy (non-hydrogen) atoms. The second kappa shape index (κ2) is 4.25. The van der Waals surface area contributed by atoms with Gasteiger partial charge in [-0.15, -0.1) is 0 Å². The Balaban J connectivity index is 2.26. The van der Waals surface area contributed by atoms with E-state index in [1.165, 1.54) is 4.90 Å². The van der Waals surface area contributed by atoms with Gasteiger partial charge in [-0.3, -0.25) is 9.59 Å². The van der Waals surface area contributed by atoms with Gasteiger partial charge in [0.25, 0.3) is 0 Å². The van der Waals surface area contributed by atoms with Crippen LogP contribution in [0, 0.1) is 5.92 Å². The van der Waals surface area contributed by atoms with E-state index in [1.54, 1.807) is 14.0 Å². The molecule has 0 aromatic heterocycles. The molecule has 4 heteroatoms. The summed E-state index contributed by atoms with van der Waals surface area (Å²) < 4.78 is 4.73. The SMILES string of the molecule is CCOC(=O)CN(C)C(=O)C1CC1.